The third-order valence-corrected chi connectivity index (χ3v) is 5.98. The highest BCUT2D eigenvalue weighted by Crippen LogP contribution is 2.33. The highest BCUT2D eigenvalue weighted by molar-refractivity contribution is 6.21. The molecular formula is C24H30F3N7O. The molecule has 0 spiro atoms. The van der Waals surface area contributed by atoms with Gasteiger partial charge in [0, 0.05) is 59.6 Å². The zero-order valence-electron chi connectivity index (χ0n) is 20.0. The number of aldehydes is 1. The molecule has 2 heterocycles. The van der Waals surface area contributed by atoms with Crippen molar-refractivity contribution in [3.05, 3.63) is 46.8 Å². The summed E-state index contributed by atoms with van der Waals surface area (Å²) in [5.74, 6) is 0. The number of nitrogens with one attached hydrogen (secondary N) is 4. The number of carbonyl (C=O) groups excluding carboxylic acids is 1. The summed E-state index contributed by atoms with van der Waals surface area (Å²) in [4.78, 5) is 22.4. The number of halogens is 3. The maximum atomic E-state index is 14.0. The van der Waals surface area contributed by atoms with Gasteiger partial charge in [-0.2, -0.15) is 18.3 Å². The molecule has 188 valence electrons. The van der Waals surface area contributed by atoms with Crippen LogP contribution in [0.1, 0.15) is 48.2 Å². The van der Waals surface area contributed by atoms with Crippen LogP contribution in [0.15, 0.2) is 45.2 Å². The number of aromatic amines is 1. The molecule has 1 aliphatic rings. The number of fused-ring (bicyclic) bond motifs is 1. The number of hydrogen-bond donors (Lipinski definition) is 4. The smallest absolute Gasteiger partial charge is 0.360 e. The van der Waals surface area contributed by atoms with Gasteiger partial charge in [0.2, 0.25) is 0 Å². The summed E-state index contributed by atoms with van der Waals surface area (Å²) in [5, 5.41) is 11.0. The number of rotatable bonds is 9. The highest BCUT2D eigenvalue weighted by atomic mass is 19.4. The van der Waals surface area contributed by atoms with Gasteiger partial charge in [0.05, 0.1) is 29.7 Å². The van der Waals surface area contributed by atoms with E-state index in [-0.39, 0.29) is 35.1 Å². The molecule has 3 rings (SSSR count). The van der Waals surface area contributed by atoms with E-state index in [9.17, 15) is 18.0 Å². The first-order valence-corrected chi connectivity index (χ1v) is 11.2. The Morgan fingerprint density at radius 1 is 1.34 bits per heavy atom. The van der Waals surface area contributed by atoms with E-state index in [0.29, 0.717) is 35.5 Å². The Hall–Kier alpha value is -3.31. The van der Waals surface area contributed by atoms with E-state index in [1.807, 2.05) is 0 Å². The van der Waals surface area contributed by atoms with E-state index < -0.39 is 11.7 Å². The van der Waals surface area contributed by atoms with Crippen molar-refractivity contribution in [1.29, 1.82) is 0 Å². The molecule has 0 unspecified atom stereocenters. The number of aliphatic imine (C=N–C) groups is 2. The zero-order valence-corrected chi connectivity index (χ0v) is 20.0. The second-order valence-electron chi connectivity index (χ2n) is 8.89. The molecule has 0 bridgehead atoms. The van der Waals surface area contributed by atoms with Gasteiger partial charge in [-0.05, 0) is 33.4 Å². The van der Waals surface area contributed by atoms with Crippen LogP contribution < -0.4 is 16.1 Å². The third kappa shape index (κ3) is 6.23. The average Bonchev–Trinajstić information content (AvgIpc) is 3.23. The molecule has 1 saturated heterocycles. The van der Waals surface area contributed by atoms with Crippen LogP contribution in [0.4, 0.5) is 13.2 Å². The highest BCUT2D eigenvalue weighted by Gasteiger charge is 2.38. The minimum absolute atomic E-state index is 0.0210. The van der Waals surface area contributed by atoms with Crippen molar-refractivity contribution < 1.29 is 18.0 Å². The SMILES string of the molecule is C=N/C=C(\C(=N/CN[C@H]1CCC(C)(C)NC1)c1c[nH]c2c(C=O)c(/C=N\NC)ccc12)C(F)(F)F. The van der Waals surface area contributed by atoms with Crippen LogP contribution in [0.3, 0.4) is 0 Å². The molecular weight excluding hydrogens is 459 g/mol. The molecule has 1 aromatic heterocycles. The molecule has 1 fully saturated rings. The van der Waals surface area contributed by atoms with Gasteiger partial charge in [0.15, 0.2) is 6.29 Å². The van der Waals surface area contributed by atoms with Crippen LogP contribution in [0.5, 0.6) is 0 Å². The van der Waals surface area contributed by atoms with Gasteiger partial charge in [-0.25, -0.2) is 0 Å². The number of alkyl halides is 3. The van der Waals surface area contributed by atoms with Crippen molar-refractivity contribution in [1.82, 2.24) is 21.0 Å². The Bertz CT molecular complexity index is 1150. The number of aromatic nitrogens is 1. The van der Waals surface area contributed by atoms with E-state index in [4.69, 9.17) is 0 Å². The summed E-state index contributed by atoms with van der Waals surface area (Å²) in [6.45, 7) is 8.10. The molecule has 0 amide bonds. The fourth-order valence-electron chi connectivity index (χ4n) is 4.04. The van der Waals surface area contributed by atoms with E-state index >= 15 is 0 Å². The number of hydrogen-bond acceptors (Lipinski definition) is 7. The quantitative estimate of drug-likeness (QED) is 0.246. The Balaban J connectivity index is 2.03. The second kappa shape index (κ2) is 11.0. The number of carbonyl (C=O) groups is 1. The van der Waals surface area contributed by atoms with E-state index in [1.54, 1.807) is 19.2 Å². The average molecular weight is 490 g/mol. The third-order valence-electron chi connectivity index (χ3n) is 5.98. The fraction of sp³-hybridized carbons (Fsp3) is 0.417. The lowest BCUT2D eigenvalue weighted by atomic mass is 9.91. The molecule has 1 atom stereocenters. The number of allylic oxidation sites excluding steroid dienone is 1. The predicted octanol–water partition coefficient (Wildman–Crippen LogP) is 3.55. The minimum Gasteiger partial charge on any atom is -0.360 e. The molecule has 2 aromatic rings. The van der Waals surface area contributed by atoms with E-state index in [1.165, 1.54) is 12.4 Å². The lowest BCUT2D eigenvalue weighted by Gasteiger charge is -2.36. The maximum Gasteiger partial charge on any atom is 0.419 e. The summed E-state index contributed by atoms with van der Waals surface area (Å²) in [6.07, 6.45) is 1.29. The lowest BCUT2D eigenvalue weighted by Crippen LogP contribution is -2.52. The second-order valence-corrected chi connectivity index (χ2v) is 8.89. The number of piperidine rings is 1. The predicted molar refractivity (Wildman–Crippen MR) is 134 cm³/mol. The zero-order chi connectivity index (χ0) is 25.6. The summed E-state index contributed by atoms with van der Waals surface area (Å²) < 4.78 is 42.0. The van der Waals surface area contributed by atoms with Crippen LogP contribution in [0, 0.1) is 0 Å². The van der Waals surface area contributed by atoms with Crippen molar-refractivity contribution in [2.24, 2.45) is 15.1 Å². The first kappa shape index (κ1) is 26.3. The lowest BCUT2D eigenvalue weighted by molar-refractivity contribution is -0.0861. The first-order chi connectivity index (χ1) is 16.6. The van der Waals surface area contributed by atoms with Crippen molar-refractivity contribution in [2.45, 2.75) is 44.4 Å². The topological polar surface area (TPSA) is 106 Å². The molecule has 4 N–H and O–H groups in total. The summed E-state index contributed by atoms with van der Waals surface area (Å²) >= 11 is 0. The molecule has 1 aromatic carbocycles. The largest absolute Gasteiger partial charge is 0.419 e. The van der Waals surface area contributed by atoms with Crippen molar-refractivity contribution in [2.75, 3.05) is 20.3 Å². The van der Waals surface area contributed by atoms with Gasteiger partial charge in [-0.3, -0.25) is 20.1 Å². The number of benzene rings is 1. The molecule has 0 radical (unpaired) electrons. The Kier molecular flexibility index (Phi) is 8.23. The van der Waals surface area contributed by atoms with Crippen molar-refractivity contribution in [3.8, 4) is 0 Å². The van der Waals surface area contributed by atoms with Gasteiger partial charge in [0.25, 0.3) is 0 Å². The van der Waals surface area contributed by atoms with Gasteiger partial charge < -0.3 is 15.7 Å². The summed E-state index contributed by atoms with van der Waals surface area (Å²) in [5.41, 5.74) is 2.72. The van der Waals surface area contributed by atoms with Crippen LogP contribution in [0.2, 0.25) is 0 Å². The number of H-pyrrole nitrogens is 1. The van der Waals surface area contributed by atoms with Crippen molar-refractivity contribution in [3.63, 3.8) is 0 Å². The van der Waals surface area contributed by atoms with Gasteiger partial charge in [-0.1, -0.05) is 12.1 Å². The molecule has 35 heavy (non-hydrogen) atoms. The molecule has 0 saturated carbocycles. The van der Waals surface area contributed by atoms with Crippen LogP contribution in [-0.4, -0.2) is 67.9 Å². The van der Waals surface area contributed by atoms with Gasteiger partial charge >= 0.3 is 6.18 Å². The Morgan fingerprint density at radius 2 is 2.11 bits per heavy atom. The maximum absolute atomic E-state index is 14.0. The van der Waals surface area contributed by atoms with E-state index in [0.717, 1.165) is 12.8 Å². The molecule has 0 aliphatic carbocycles. The molecule has 11 heteroatoms. The first-order valence-electron chi connectivity index (χ1n) is 11.2. The van der Waals surface area contributed by atoms with Crippen LogP contribution in [0.25, 0.3) is 10.9 Å². The van der Waals surface area contributed by atoms with Crippen LogP contribution in [-0.2, 0) is 0 Å². The Morgan fingerprint density at radius 3 is 2.71 bits per heavy atom. The monoisotopic (exact) mass is 489 g/mol. The molecule has 1 aliphatic heterocycles. The standard InChI is InChI=1S/C24H30F3N7O/c1-23(2)8-7-16(10-33-23)31-14-32-22(20(12-28-3)24(25,26)27)18-11-30-21-17(18)6-5-15(9-34-29-4)19(21)13-35/h5-6,9,11-13,16,29-31,33H,3,7-8,10,14H2,1-2,4H3/b20-12+,32-22-,34-9-/t16-/m0/s1. The van der Waals surface area contributed by atoms with Gasteiger partial charge in [0.1, 0.15) is 0 Å². The minimum atomic E-state index is -4.72. The molecule has 8 nitrogen and oxygen atoms in total. The number of hydrazone groups is 1. The van der Waals surface area contributed by atoms with E-state index in [2.05, 4.69) is 56.7 Å². The number of nitrogens with zero attached hydrogens (tertiary/aromatic N) is 3. The van der Waals surface area contributed by atoms with Crippen LogP contribution >= 0.6 is 0 Å². The van der Waals surface area contributed by atoms with Gasteiger partial charge in [-0.15, -0.1) is 0 Å². The fourth-order valence-corrected chi connectivity index (χ4v) is 4.04. The summed E-state index contributed by atoms with van der Waals surface area (Å²) in [7, 11) is 1.61. The van der Waals surface area contributed by atoms with Crippen molar-refractivity contribution >= 4 is 35.8 Å². The Labute approximate surface area is 201 Å². The summed E-state index contributed by atoms with van der Waals surface area (Å²) in [6, 6.07) is 3.34. The normalized spacial score (nSPS) is 19.3.